The van der Waals surface area contributed by atoms with Gasteiger partial charge in [0.2, 0.25) is 0 Å². The van der Waals surface area contributed by atoms with Gasteiger partial charge < -0.3 is 9.84 Å². The number of nitrogens with zero attached hydrogens (tertiary/aromatic N) is 1. The predicted molar refractivity (Wildman–Crippen MR) is 78.2 cm³/mol. The molecule has 4 nitrogen and oxygen atoms in total. The Morgan fingerprint density at radius 1 is 1.33 bits per heavy atom. The van der Waals surface area contributed by atoms with Crippen molar-refractivity contribution in [2.75, 3.05) is 20.2 Å². The van der Waals surface area contributed by atoms with Gasteiger partial charge in [0, 0.05) is 5.56 Å². The second kappa shape index (κ2) is 6.43. The number of methoxy groups -OCH3 is 1. The van der Waals surface area contributed by atoms with Crippen LogP contribution >= 0.6 is 0 Å². The topological polar surface area (TPSA) is 49.8 Å². The van der Waals surface area contributed by atoms with E-state index >= 15 is 0 Å². The Hall–Kier alpha value is -1.62. The average molecular weight is 295 g/mol. The van der Waals surface area contributed by atoms with Crippen LogP contribution in [-0.2, 0) is 4.79 Å². The van der Waals surface area contributed by atoms with Crippen LogP contribution in [0, 0.1) is 5.82 Å². The van der Waals surface area contributed by atoms with Crippen molar-refractivity contribution in [3.63, 3.8) is 0 Å². The highest BCUT2D eigenvalue weighted by Gasteiger charge is 2.33. The van der Waals surface area contributed by atoms with E-state index in [9.17, 15) is 14.3 Å². The number of rotatable bonds is 5. The Balaban J connectivity index is 2.54. The van der Waals surface area contributed by atoms with Crippen molar-refractivity contribution in [1.82, 2.24) is 4.90 Å². The predicted octanol–water partition coefficient (Wildman–Crippen LogP) is 3.18. The molecule has 0 aliphatic carbocycles. The molecule has 0 aromatic heterocycles. The first-order valence-corrected chi connectivity index (χ1v) is 7.30. The van der Waals surface area contributed by atoms with Crippen LogP contribution in [0.25, 0.3) is 0 Å². The number of carboxylic acid groups (broad SMARTS) is 1. The van der Waals surface area contributed by atoms with Gasteiger partial charge in [-0.05, 0) is 49.5 Å². The van der Waals surface area contributed by atoms with E-state index in [1.807, 2.05) is 18.7 Å². The lowest BCUT2D eigenvalue weighted by atomic mass is 9.95. The molecule has 0 radical (unpaired) electrons. The molecular weight excluding hydrogens is 273 g/mol. The molecule has 1 aliphatic rings. The van der Waals surface area contributed by atoms with E-state index < -0.39 is 17.8 Å². The molecule has 5 heteroatoms. The van der Waals surface area contributed by atoms with Gasteiger partial charge in [-0.15, -0.1) is 0 Å². The summed E-state index contributed by atoms with van der Waals surface area (Å²) < 4.78 is 19.4. The third-order valence-electron chi connectivity index (χ3n) is 4.00. The summed E-state index contributed by atoms with van der Waals surface area (Å²) in [6, 6.07) is 2.34. The van der Waals surface area contributed by atoms with Gasteiger partial charge in [0.15, 0.2) is 11.6 Å². The number of carboxylic acids is 1. The van der Waals surface area contributed by atoms with Gasteiger partial charge in [-0.1, -0.05) is 13.8 Å². The molecular formula is C16H22FNO3. The molecule has 1 saturated heterocycles. The molecule has 0 spiro atoms. The monoisotopic (exact) mass is 295 g/mol. The van der Waals surface area contributed by atoms with Crippen LogP contribution in [0.4, 0.5) is 4.39 Å². The summed E-state index contributed by atoms with van der Waals surface area (Å²) in [6.07, 6.45) is 1.94. The van der Waals surface area contributed by atoms with E-state index in [4.69, 9.17) is 4.74 Å². The summed E-state index contributed by atoms with van der Waals surface area (Å²) in [6.45, 7) is 5.34. The van der Waals surface area contributed by atoms with Crippen molar-refractivity contribution in [1.29, 1.82) is 0 Å². The third kappa shape index (κ3) is 3.18. The third-order valence-corrected chi connectivity index (χ3v) is 4.00. The fraction of sp³-hybridized carbons (Fsp3) is 0.562. The molecule has 0 amide bonds. The Bertz CT molecular complexity index is 524. The Morgan fingerprint density at radius 2 is 1.95 bits per heavy atom. The molecule has 0 saturated carbocycles. The normalized spacial score (nSPS) is 17.2. The molecule has 2 rings (SSSR count). The van der Waals surface area contributed by atoms with Gasteiger partial charge in [0.25, 0.3) is 0 Å². The standard InChI is InChI=1S/C16H22FNO3/c1-10(2)11-8-12(15(21-3)13(17)9-11)14(16(19)20)18-6-4-5-7-18/h8-10,14H,4-7H2,1-3H3,(H,19,20). The van der Waals surface area contributed by atoms with Gasteiger partial charge in [0.05, 0.1) is 7.11 Å². The number of hydrogen-bond donors (Lipinski definition) is 1. The number of hydrogen-bond acceptors (Lipinski definition) is 3. The van der Waals surface area contributed by atoms with Gasteiger partial charge in [-0.25, -0.2) is 4.39 Å². The second-order valence-corrected chi connectivity index (χ2v) is 5.76. The lowest BCUT2D eigenvalue weighted by Gasteiger charge is -2.26. The molecule has 116 valence electrons. The summed E-state index contributed by atoms with van der Waals surface area (Å²) in [7, 11) is 1.37. The average Bonchev–Trinajstić information content (AvgIpc) is 2.91. The molecule has 1 N–H and O–H groups in total. The van der Waals surface area contributed by atoms with Crippen molar-refractivity contribution in [3.05, 3.63) is 29.1 Å². The zero-order chi connectivity index (χ0) is 15.6. The van der Waals surface area contributed by atoms with Crippen LogP contribution in [0.3, 0.4) is 0 Å². The molecule has 0 bridgehead atoms. The lowest BCUT2D eigenvalue weighted by Crippen LogP contribution is -2.32. The van der Waals surface area contributed by atoms with E-state index in [1.54, 1.807) is 6.07 Å². The molecule has 1 unspecified atom stereocenters. The van der Waals surface area contributed by atoms with Crippen molar-refractivity contribution in [2.45, 2.75) is 38.6 Å². The minimum atomic E-state index is -0.962. The van der Waals surface area contributed by atoms with Crippen molar-refractivity contribution in [3.8, 4) is 5.75 Å². The molecule has 1 aromatic rings. The Kier molecular flexibility index (Phi) is 4.83. The first-order valence-electron chi connectivity index (χ1n) is 7.30. The largest absolute Gasteiger partial charge is 0.493 e. The second-order valence-electron chi connectivity index (χ2n) is 5.76. The van der Waals surface area contributed by atoms with Crippen LogP contribution in [-0.4, -0.2) is 36.2 Å². The number of benzene rings is 1. The SMILES string of the molecule is COc1c(F)cc(C(C)C)cc1C(C(=O)O)N1CCCC1. The molecule has 1 aliphatic heterocycles. The quantitative estimate of drug-likeness (QED) is 0.906. The minimum Gasteiger partial charge on any atom is -0.493 e. The van der Waals surface area contributed by atoms with E-state index in [1.165, 1.54) is 13.2 Å². The minimum absolute atomic E-state index is 0.0405. The van der Waals surface area contributed by atoms with E-state index in [2.05, 4.69) is 0 Å². The zero-order valence-electron chi connectivity index (χ0n) is 12.7. The number of aliphatic carboxylic acids is 1. The summed E-state index contributed by atoms with van der Waals surface area (Å²) in [5.74, 6) is -1.30. The number of halogens is 1. The van der Waals surface area contributed by atoms with E-state index in [0.717, 1.165) is 18.4 Å². The number of likely N-dealkylation sites (tertiary alicyclic amines) is 1. The number of ether oxygens (including phenoxy) is 1. The van der Waals surface area contributed by atoms with Crippen LogP contribution in [0.15, 0.2) is 12.1 Å². The number of carbonyl (C=O) groups is 1. The molecule has 21 heavy (non-hydrogen) atoms. The Morgan fingerprint density at radius 3 is 2.43 bits per heavy atom. The summed E-state index contributed by atoms with van der Waals surface area (Å²) in [5, 5.41) is 9.61. The van der Waals surface area contributed by atoms with Gasteiger partial charge in [0.1, 0.15) is 6.04 Å². The fourth-order valence-electron chi connectivity index (χ4n) is 2.87. The fourth-order valence-corrected chi connectivity index (χ4v) is 2.87. The maximum Gasteiger partial charge on any atom is 0.325 e. The van der Waals surface area contributed by atoms with Crippen molar-refractivity contribution < 1.29 is 19.0 Å². The van der Waals surface area contributed by atoms with Crippen LogP contribution in [0.1, 0.15) is 49.8 Å². The zero-order valence-corrected chi connectivity index (χ0v) is 12.7. The first kappa shape index (κ1) is 15.8. The molecule has 1 heterocycles. The first-order chi connectivity index (χ1) is 9.95. The van der Waals surface area contributed by atoms with Crippen LogP contribution in [0.2, 0.25) is 0 Å². The highest BCUT2D eigenvalue weighted by molar-refractivity contribution is 5.77. The van der Waals surface area contributed by atoms with E-state index in [0.29, 0.717) is 18.7 Å². The highest BCUT2D eigenvalue weighted by atomic mass is 19.1. The smallest absolute Gasteiger partial charge is 0.325 e. The maximum atomic E-state index is 14.2. The van der Waals surface area contributed by atoms with Gasteiger partial charge >= 0.3 is 5.97 Å². The lowest BCUT2D eigenvalue weighted by molar-refractivity contribution is -0.143. The summed E-state index contributed by atoms with van der Waals surface area (Å²) >= 11 is 0. The molecule has 1 fully saturated rings. The Labute approximate surface area is 124 Å². The van der Waals surface area contributed by atoms with Crippen LogP contribution < -0.4 is 4.74 Å². The summed E-state index contributed by atoms with van der Waals surface area (Å²) in [5.41, 5.74) is 1.20. The van der Waals surface area contributed by atoms with E-state index in [-0.39, 0.29) is 11.7 Å². The van der Waals surface area contributed by atoms with Crippen molar-refractivity contribution in [2.24, 2.45) is 0 Å². The van der Waals surface area contributed by atoms with Crippen molar-refractivity contribution >= 4 is 5.97 Å². The highest BCUT2D eigenvalue weighted by Crippen LogP contribution is 2.36. The van der Waals surface area contributed by atoms with Gasteiger partial charge in [-0.2, -0.15) is 0 Å². The summed E-state index contributed by atoms with van der Waals surface area (Å²) in [4.78, 5) is 13.6. The van der Waals surface area contributed by atoms with Crippen LogP contribution in [0.5, 0.6) is 5.75 Å². The molecule has 1 atom stereocenters. The maximum absolute atomic E-state index is 14.2. The van der Waals surface area contributed by atoms with Gasteiger partial charge in [-0.3, -0.25) is 9.69 Å². The molecule has 1 aromatic carbocycles.